The fraction of sp³-hybridized carbons (Fsp3) is 0.444. The van der Waals surface area contributed by atoms with E-state index in [-0.39, 0.29) is 30.4 Å². The highest BCUT2D eigenvalue weighted by atomic mass is 16.5. The molecule has 0 saturated heterocycles. The number of aliphatic carboxylic acids is 1. The zero-order valence-corrected chi connectivity index (χ0v) is 19.1. The SMILES string of the molecule is O=C(N[C@H]1CC[C@@H](C(=O)NC2(C(=O)O)CCCC2)C1)OCC1c2ccccc2-c2ccccc21. The van der Waals surface area contributed by atoms with Gasteiger partial charge in [0.25, 0.3) is 0 Å². The van der Waals surface area contributed by atoms with E-state index in [4.69, 9.17) is 4.74 Å². The minimum atomic E-state index is -1.13. The van der Waals surface area contributed by atoms with Gasteiger partial charge in [0.1, 0.15) is 12.1 Å². The van der Waals surface area contributed by atoms with Crippen LogP contribution in [0.3, 0.4) is 0 Å². The molecule has 3 aliphatic rings. The maximum atomic E-state index is 12.8. The van der Waals surface area contributed by atoms with Crippen molar-refractivity contribution >= 4 is 18.0 Å². The second kappa shape index (κ2) is 9.12. The highest BCUT2D eigenvalue weighted by Gasteiger charge is 2.44. The Kier molecular flexibility index (Phi) is 6.02. The molecule has 2 aromatic carbocycles. The molecule has 178 valence electrons. The van der Waals surface area contributed by atoms with E-state index < -0.39 is 17.6 Å². The summed E-state index contributed by atoms with van der Waals surface area (Å²) in [6.45, 7) is 0.248. The molecule has 0 heterocycles. The normalized spacial score (nSPS) is 22.6. The number of hydrogen-bond donors (Lipinski definition) is 3. The molecule has 0 aliphatic heterocycles. The number of carbonyl (C=O) groups excluding carboxylic acids is 2. The molecule has 7 heteroatoms. The molecule has 2 atom stereocenters. The lowest BCUT2D eigenvalue weighted by molar-refractivity contribution is -0.148. The highest BCUT2D eigenvalue weighted by Crippen LogP contribution is 2.44. The number of hydrogen-bond acceptors (Lipinski definition) is 4. The monoisotopic (exact) mass is 462 g/mol. The Morgan fingerprint density at radius 1 is 0.941 bits per heavy atom. The first kappa shape index (κ1) is 22.4. The van der Waals surface area contributed by atoms with E-state index in [2.05, 4.69) is 34.9 Å². The fourth-order valence-electron chi connectivity index (χ4n) is 5.87. The van der Waals surface area contributed by atoms with E-state index in [1.165, 1.54) is 11.1 Å². The second-order valence-electron chi connectivity index (χ2n) is 9.76. The van der Waals surface area contributed by atoms with Gasteiger partial charge in [0.05, 0.1) is 0 Å². The van der Waals surface area contributed by atoms with E-state index in [1.54, 1.807) is 0 Å². The maximum Gasteiger partial charge on any atom is 0.407 e. The van der Waals surface area contributed by atoms with Crippen LogP contribution < -0.4 is 10.6 Å². The van der Waals surface area contributed by atoms with Crippen molar-refractivity contribution in [3.63, 3.8) is 0 Å². The number of amides is 2. The molecule has 34 heavy (non-hydrogen) atoms. The van der Waals surface area contributed by atoms with Crippen molar-refractivity contribution in [3.05, 3.63) is 59.7 Å². The van der Waals surface area contributed by atoms with Crippen molar-refractivity contribution in [1.29, 1.82) is 0 Å². The van der Waals surface area contributed by atoms with Crippen LogP contribution in [0, 0.1) is 5.92 Å². The number of fused-ring (bicyclic) bond motifs is 3. The molecular formula is C27H30N2O5. The number of carbonyl (C=O) groups is 3. The van der Waals surface area contributed by atoms with Crippen LogP contribution in [0.15, 0.2) is 48.5 Å². The lowest BCUT2D eigenvalue weighted by atomic mass is 9.96. The zero-order valence-electron chi connectivity index (χ0n) is 19.1. The predicted octanol–water partition coefficient (Wildman–Crippen LogP) is 4.21. The molecular weight excluding hydrogens is 432 g/mol. The Morgan fingerprint density at radius 3 is 2.18 bits per heavy atom. The molecule has 5 rings (SSSR count). The van der Waals surface area contributed by atoms with Gasteiger partial charge in [0, 0.05) is 17.9 Å². The van der Waals surface area contributed by atoms with Crippen molar-refractivity contribution in [2.45, 2.75) is 62.4 Å². The topological polar surface area (TPSA) is 105 Å². The summed E-state index contributed by atoms with van der Waals surface area (Å²) in [7, 11) is 0. The molecule has 3 aliphatic carbocycles. The van der Waals surface area contributed by atoms with Crippen LogP contribution in [0.25, 0.3) is 11.1 Å². The van der Waals surface area contributed by atoms with Crippen LogP contribution >= 0.6 is 0 Å². The van der Waals surface area contributed by atoms with Crippen molar-refractivity contribution < 1.29 is 24.2 Å². The minimum Gasteiger partial charge on any atom is -0.480 e. The Morgan fingerprint density at radius 2 is 1.56 bits per heavy atom. The second-order valence-corrected chi connectivity index (χ2v) is 9.76. The summed E-state index contributed by atoms with van der Waals surface area (Å²) < 4.78 is 5.62. The average Bonchev–Trinajstić information content (AvgIpc) is 3.56. The van der Waals surface area contributed by atoms with Crippen molar-refractivity contribution in [3.8, 4) is 11.1 Å². The lowest BCUT2D eigenvalue weighted by Gasteiger charge is -2.27. The number of alkyl carbamates (subject to hydrolysis) is 1. The first-order chi connectivity index (χ1) is 16.5. The Balaban J connectivity index is 1.15. The van der Waals surface area contributed by atoms with E-state index >= 15 is 0 Å². The smallest absolute Gasteiger partial charge is 0.407 e. The van der Waals surface area contributed by atoms with Crippen LogP contribution in [0.5, 0.6) is 0 Å². The summed E-state index contributed by atoms with van der Waals surface area (Å²) in [6, 6.07) is 16.2. The van der Waals surface area contributed by atoms with Gasteiger partial charge in [0.2, 0.25) is 5.91 Å². The third-order valence-electron chi connectivity index (χ3n) is 7.70. The van der Waals surface area contributed by atoms with Crippen LogP contribution in [0.4, 0.5) is 4.79 Å². The first-order valence-corrected chi connectivity index (χ1v) is 12.1. The van der Waals surface area contributed by atoms with Gasteiger partial charge in [-0.3, -0.25) is 4.79 Å². The molecule has 2 aromatic rings. The summed E-state index contributed by atoms with van der Waals surface area (Å²) in [5.74, 6) is -1.47. The lowest BCUT2D eigenvalue weighted by Crippen LogP contribution is -2.54. The van der Waals surface area contributed by atoms with Gasteiger partial charge in [-0.25, -0.2) is 9.59 Å². The molecule has 2 amide bonds. The summed E-state index contributed by atoms with van der Waals surface area (Å²) >= 11 is 0. The molecule has 0 aromatic heterocycles. The Bertz CT molecular complexity index is 1060. The summed E-state index contributed by atoms with van der Waals surface area (Å²) in [6.07, 6.45) is 3.87. The molecule has 0 spiro atoms. The molecule has 7 nitrogen and oxygen atoms in total. The number of ether oxygens (including phenoxy) is 1. The van der Waals surface area contributed by atoms with Gasteiger partial charge < -0.3 is 20.5 Å². The number of rotatable bonds is 6. The van der Waals surface area contributed by atoms with E-state index in [0.29, 0.717) is 32.1 Å². The Labute approximate surface area is 198 Å². The number of carboxylic acids is 1. The van der Waals surface area contributed by atoms with Gasteiger partial charge in [-0.05, 0) is 54.4 Å². The van der Waals surface area contributed by atoms with E-state index in [9.17, 15) is 19.5 Å². The molecule has 0 radical (unpaired) electrons. The largest absolute Gasteiger partial charge is 0.480 e. The first-order valence-electron chi connectivity index (χ1n) is 12.1. The number of nitrogens with one attached hydrogen (secondary N) is 2. The number of carboxylic acid groups (broad SMARTS) is 1. The third kappa shape index (κ3) is 4.15. The summed E-state index contributed by atoms with van der Waals surface area (Å²) in [5.41, 5.74) is 3.55. The van der Waals surface area contributed by atoms with Crippen molar-refractivity contribution in [2.75, 3.05) is 6.61 Å². The van der Waals surface area contributed by atoms with Crippen LogP contribution in [0.2, 0.25) is 0 Å². The van der Waals surface area contributed by atoms with E-state index in [1.807, 2.05) is 24.3 Å². The van der Waals surface area contributed by atoms with Gasteiger partial charge in [-0.2, -0.15) is 0 Å². The van der Waals surface area contributed by atoms with Gasteiger partial charge >= 0.3 is 12.1 Å². The zero-order chi connectivity index (χ0) is 23.7. The molecule has 0 bridgehead atoms. The fourth-order valence-corrected chi connectivity index (χ4v) is 5.87. The average molecular weight is 463 g/mol. The van der Waals surface area contributed by atoms with Crippen molar-refractivity contribution in [2.24, 2.45) is 5.92 Å². The summed E-state index contributed by atoms with van der Waals surface area (Å²) in [5, 5.41) is 15.3. The third-order valence-corrected chi connectivity index (χ3v) is 7.70. The quantitative estimate of drug-likeness (QED) is 0.597. The Hall–Kier alpha value is -3.35. The van der Waals surface area contributed by atoms with Gasteiger partial charge in [-0.1, -0.05) is 61.4 Å². The van der Waals surface area contributed by atoms with E-state index in [0.717, 1.165) is 24.0 Å². The number of benzene rings is 2. The van der Waals surface area contributed by atoms with Crippen LogP contribution in [0.1, 0.15) is 62.0 Å². The van der Waals surface area contributed by atoms with Crippen LogP contribution in [-0.4, -0.2) is 41.3 Å². The maximum absolute atomic E-state index is 12.8. The minimum absolute atomic E-state index is 0.00104. The van der Waals surface area contributed by atoms with Gasteiger partial charge in [0.15, 0.2) is 0 Å². The molecule has 2 saturated carbocycles. The predicted molar refractivity (Wildman–Crippen MR) is 126 cm³/mol. The molecule has 0 unspecified atom stereocenters. The standard InChI is InChI=1S/C27H30N2O5/c30-24(29-27(25(31)32)13-5-6-14-27)17-11-12-18(15-17)28-26(33)34-16-23-21-9-3-1-7-19(21)20-8-2-4-10-22(20)23/h1-4,7-10,17-18,23H,5-6,11-16H2,(H,28,33)(H,29,30)(H,31,32)/t17-,18+/m1/s1. The van der Waals surface area contributed by atoms with Crippen molar-refractivity contribution in [1.82, 2.24) is 10.6 Å². The summed E-state index contributed by atoms with van der Waals surface area (Å²) in [4.78, 5) is 37.1. The van der Waals surface area contributed by atoms with Gasteiger partial charge in [-0.15, -0.1) is 0 Å². The molecule has 2 fully saturated rings. The molecule has 3 N–H and O–H groups in total. The van der Waals surface area contributed by atoms with Crippen LogP contribution in [-0.2, 0) is 14.3 Å². The highest BCUT2D eigenvalue weighted by molar-refractivity contribution is 5.88.